The number of carbonyl (C=O) groups excluding carboxylic acids is 2. The van der Waals surface area contributed by atoms with Gasteiger partial charge in [0.05, 0.1) is 36.6 Å². The van der Waals surface area contributed by atoms with Crippen LogP contribution < -0.4 is 29.1 Å². The van der Waals surface area contributed by atoms with Crippen LogP contribution in [0.3, 0.4) is 0 Å². The zero-order chi connectivity index (χ0) is 26.7. The Balaban J connectivity index is 1.92. The number of benzene rings is 2. The first-order chi connectivity index (χ1) is 17.8. The fraction of sp³-hybridized carbons (Fsp3) is 0.259. The van der Waals surface area contributed by atoms with Crippen molar-refractivity contribution in [3.63, 3.8) is 0 Å². The van der Waals surface area contributed by atoms with E-state index in [0.29, 0.717) is 37.7 Å². The van der Waals surface area contributed by atoms with Gasteiger partial charge in [-0.05, 0) is 43.7 Å². The van der Waals surface area contributed by atoms with Gasteiger partial charge in [0.25, 0.3) is 5.56 Å². The number of esters is 2. The summed E-state index contributed by atoms with van der Waals surface area (Å²) in [5, 5.41) is 0. The lowest BCUT2D eigenvalue weighted by atomic mass is 9.95. The van der Waals surface area contributed by atoms with Crippen LogP contribution in [0.4, 0.5) is 0 Å². The highest BCUT2D eigenvalue weighted by atomic mass is 32.1. The van der Waals surface area contributed by atoms with Crippen LogP contribution in [0.5, 0.6) is 17.2 Å². The molecule has 9 nitrogen and oxygen atoms in total. The summed E-state index contributed by atoms with van der Waals surface area (Å²) >= 11 is 1.20. The van der Waals surface area contributed by atoms with Crippen molar-refractivity contribution in [3.05, 3.63) is 84.5 Å². The minimum absolute atomic E-state index is 0.184. The predicted octanol–water partition coefficient (Wildman–Crippen LogP) is 2.74. The predicted molar refractivity (Wildman–Crippen MR) is 138 cm³/mol. The van der Waals surface area contributed by atoms with E-state index < -0.39 is 18.0 Å². The van der Waals surface area contributed by atoms with Gasteiger partial charge in [-0.15, -0.1) is 0 Å². The summed E-state index contributed by atoms with van der Waals surface area (Å²) in [5.41, 5.74) is 1.72. The number of hydrogen-bond donors (Lipinski definition) is 0. The van der Waals surface area contributed by atoms with Gasteiger partial charge in [0, 0.05) is 12.5 Å². The Hall–Kier alpha value is -4.18. The molecule has 1 aromatic heterocycles. The second kappa shape index (κ2) is 10.8. The molecular formula is C27H26N2O7S. The number of fused-ring (bicyclic) bond motifs is 1. The van der Waals surface area contributed by atoms with E-state index in [1.165, 1.54) is 37.0 Å². The molecule has 1 aliphatic rings. The van der Waals surface area contributed by atoms with E-state index in [1.54, 1.807) is 44.2 Å². The van der Waals surface area contributed by atoms with Gasteiger partial charge < -0.3 is 18.9 Å². The quantitative estimate of drug-likeness (QED) is 0.347. The molecule has 0 saturated heterocycles. The molecule has 0 saturated carbocycles. The molecule has 4 rings (SSSR count). The highest BCUT2D eigenvalue weighted by Crippen LogP contribution is 2.35. The van der Waals surface area contributed by atoms with Gasteiger partial charge in [0.2, 0.25) is 0 Å². The standard InChI is InChI=1S/C27H26N2O7S/c1-6-35-26(32)23-15(2)28-27-29(24(23)18-9-7-8-10-19(18)33-4)25(31)22(37-27)14-17-11-12-20(36-16(3)30)21(13-17)34-5/h7-14,24H,6H2,1-5H3/t24-/m0/s1. The Morgan fingerprint density at radius 1 is 1.08 bits per heavy atom. The Labute approximate surface area is 216 Å². The lowest BCUT2D eigenvalue weighted by Crippen LogP contribution is -2.40. The Bertz CT molecular complexity index is 1580. The molecule has 1 atom stereocenters. The largest absolute Gasteiger partial charge is 0.496 e. The number of para-hydroxylation sites is 1. The number of thiazole rings is 1. The van der Waals surface area contributed by atoms with Crippen molar-refractivity contribution >= 4 is 29.4 Å². The Morgan fingerprint density at radius 3 is 2.49 bits per heavy atom. The van der Waals surface area contributed by atoms with Crippen molar-refractivity contribution in [2.45, 2.75) is 26.8 Å². The maximum Gasteiger partial charge on any atom is 0.338 e. The van der Waals surface area contributed by atoms with Gasteiger partial charge in [-0.2, -0.15) is 0 Å². The lowest BCUT2D eigenvalue weighted by molar-refractivity contribution is -0.139. The van der Waals surface area contributed by atoms with Crippen LogP contribution in [0.15, 0.2) is 63.5 Å². The minimum Gasteiger partial charge on any atom is -0.496 e. The molecule has 1 aliphatic heterocycles. The van der Waals surface area contributed by atoms with Crippen molar-refractivity contribution < 1.29 is 28.5 Å². The summed E-state index contributed by atoms with van der Waals surface area (Å²) in [6.45, 7) is 4.94. The number of carbonyl (C=O) groups is 2. The molecule has 0 aliphatic carbocycles. The summed E-state index contributed by atoms with van der Waals surface area (Å²) in [7, 11) is 3.00. The van der Waals surface area contributed by atoms with E-state index >= 15 is 0 Å². The molecule has 192 valence electrons. The van der Waals surface area contributed by atoms with Crippen molar-refractivity contribution in [1.29, 1.82) is 0 Å². The molecule has 0 bridgehead atoms. The SMILES string of the molecule is CCOC(=O)C1=C(C)N=c2sc(=Cc3ccc(OC(C)=O)c(OC)c3)c(=O)n2[C@H]1c1ccccc1OC. The highest BCUT2D eigenvalue weighted by molar-refractivity contribution is 7.07. The number of ether oxygens (including phenoxy) is 4. The van der Waals surface area contributed by atoms with Gasteiger partial charge in [-0.1, -0.05) is 35.6 Å². The van der Waals surface area contributed by atoms with E-state index in [9.17, 15) is 14.4 Å². The van der Waals surface area contributed by atoms with Crippen molar-refractivity contribution in [2.24, 2.45) is 4.99 Å². The average Bonchev–Trinajstić information content (AvgIpc) is 3.17. The number of allylic oxidation sites excluding steroid dienone is 1. The van der Waals surface area contributed by atoms with Crippen LogP contribution in [-0.4, -0.2) is 37.3 Å². The van der Waals surface area contributed by atoms with Crippen LogP contribution >= 0.6 is 11.3 Å². The third kappa shape index (κ3) is 5.05. The molecule has 37 heavy (non-hydrogen) atoms. The smallest absolute Gasteiger partial charge is 0.338 e. The van der Waals surface area contributed by atoms with Crippen LogP contribution in [0.25, 0.3) is 6.08 Å². The van der Waals surface area contributed by atoms with E-state index in [-0.39, 0.29) is 23.5 Å². The summed E-state index contributed by atoms with van der Waals surface area (Å²) in [6, 6.07) is 11.4. The zero-order valence-corrected chi connectivity index (χ0v) is 21.9. The summed E-state index contributed by atoms with van der Waals surface area (Å²) in [4.78, 5) is 43.2. The normalized spacial score (nSPS) is 15.1. The third-order valence-electron chi connectivity index (χ3n) is 5.69. The molecule has 0 spiro atoms. The van der Waals surface area contributed by atoms with Gasteiger partial charge in [0.15, 0.2) is 16.3 Å². The van der Waals surface area contributed by atoms with Crippen LogP contribution in [0, 0.1) is 0 Å². The molecule has 3 aromatic rings. The lowest BCUT2D eigenvalue weighted by Gasteiger charge is -2.25. The van der Waals surface area contributed by atoms with Crippen molar-refractivity contribution in [1.82, 2.24) is 4.57 Å². The second-order valence-electron chi connectivity index (χ2n) is 8.05. The van der Waals surface area contributed by atoms with Gasteiger partial charge in [-0.25, -0.2) is 9.79 Å². The molecule has 10 heteroatoms. The number of nitrogens with zero attached hydrogens (tertiary/aromatic N) is 2. The first-order valence-corrected chi connectivity index (χ1v) is 12.3. The molecule has 0 radical (unpaired) electrons. The van der Waals surface area contributed by atoms with Crippen LogP contribution in [-0.2, 0) is 14.3 Å². The number of aromatic nitrogens is 1. The molecule has 2 heterocycles. The van der Waals surface area contributed by atoms with Gasteiger partial charge in [0.1, 0.15) is 11.8 Å². The number of rotatable bonds is 7. The molecular weight excluding hydrogens is 496 g/mol. The number of hydrogen-bond acceptors (Lipinski definition) is 9. The second-order valence-corrected chi connectivity index (χ2v) is 9.06. The monoisotopic (exact) mass is 522 g/mol. The highest BCUT2D eigenvalue weighted by Gasteiger charge is 2.34. The first-order valence-electron chi connectivity index (χ1n) is 11.5. The zero-order valence-electron chi connectivity index (χ0n) is 21.1. The summed E-state index contributed by atoms with van der Waals surface area (Å²) < 4.78 is 23.3. The van der Waals surface area contributed by atoms with Crippen molar-refractivity contribution in [3.8, 4) is 17.2 Å². The molecule has 0 amide bonds. The molecule has 0 N–H and O–H groups in total. The molecule has 0 unspecified atom stereocenters. The molecule has 2 aromatic carbocycles. The average molecular weight is 523 g/mol. The maximum absolute atomic E-state index is 13.8. The van der Waals surface area contributed by atoms with Crippen LogP contribution in [0.1, 0.15) is 37.9 Å². The first kappa shape index (κ1) is 25.9. The van der Waals surface area contributed by atoms with Gasteiger partial charge >= 0.3 is 11.9 Å². The maximum atomic E-state index is 13.8. The fourth-order valence-electron chi connectivity index (χ4n) is 4.14. The summed E-state index contributed by atoms with van der Waals surface area (Å²) in [5.74, 6) is 0.149. The minimum atomic E-state index is -0.783. The topological polar surface area (TPSA) is 105 Å². The van der Waals surface area contributed by atoms with Crippen LogP contribution in [0.2, 0.25) is 0 Å². The van der Waals surface area contributed by atoms with Crippen molar-refractivity contribution in [2.75, 3.05) is 20.8 Å². The molecule has 0 fully saturated rings. The summed E-state index contributed by atoms with van der Waals surface area (Å²) in [6.07, 6.45) is 1.70. The van der Waals surface area contributed by atoms with E-state index in [4.69, 9.17) is 18.9 Å². The Kier molecular flexibility index (Phi) is 7.58. The van der Waals surface area contributed by atoms with Gasteiger partial charge in [-0.3, -0.25) is 14.2 Å². The van der Waals surface area contributed by atoms with E-state index in [2.05, 4.69) is 4.99 Å². The number of methoxy groups -OCH3 is 2. The third-order valence-corrected chi connectivity index (χ3v) is 6.67. The Morgan fingerprint density at radius 2 is 1.81 bits per heavy atom. The van der Waals surface area contributed by atoms with E-state index in [1.807, 2.05) is 18.2 Å². The fourth-order valence-corrected chi connectivity index (χ4v) is 5.19. The van der Waals surface area contributed by atoms with E-state index in [0.717, 1.165) is 0 Å².